The Balaban J connectivity index is 1.21. The van der Waals surface area contributed by atoms with E-state index in [1.807, 2.05) is 20.8 Å². The molecule has 4 aliphatic carbocycles. The van der Waals surface area contributed by atoms with Gasteiger partial charge in [0, 0.05) is 24.9 Å². The number of likely N-dealkylation sites (tertiary alicyclic amines) is 1. The fourth-order valence-electron chi connectivity index (χ4n) is 8.19. The van der Waals surface area contributed by atoms with Crippen LogP contribution in [0.2, 0.25) is 0 Å². The molecule has 5 rings (SSSR count). The summed E-state index contributed by atoms with van der Waals surface area (Å²) in [6.07, 6.45) is 6.81. The summed E-state index contributed by atoms with van der Waals surface area (Å²) >= 11 is 0. The molecule has 0 bridgehead atoms. The number of hydrogen-bond acceptors (Lipinski definition) is 6. The van der Waals surface area contributed by atoms with Gasteiger partial charge in [0.1, 0.15) is 11.7 Å². The number of Topliss-reactive ketones (excluding diaryl/α,β-unsaturated/α-hetero) is 2. The van der Waals surface area contributed by atoms with E-state index in [0.717, 1.165) is 38.5 Å². The molecule has 0 aromatic rings. The molecule has 5 aliphatic rings. The molecule has 5 fully saturated rings. The number of esters is 1. The Morgan fingerprint density at radius 1 is 0.943 bits per heavy atom. The smallest absolute Gasteiger partial charge is 0.410 e. The number of carbonyl (C=O) groups is 4. The molecule has 0 aromatic carbocycles. The average Bonchev–Trinajstić information content (AvgIpc) is 3.12. The van der Waals surface area contributed by atoms with Crippen LogP contribution in [-0.4, -0.2) is 53.3 Å². The van der Waals surface area contributed by atoms with Crippen LogP contribution >= 0.6 is 0 Å². The van der Waals surface area contributed by atoms with Crippen LogP contribution in [0.1, 0.15) is 86.0 Å². The molecule has 1 amide bonds. The molecule has 7 atom stereocenters. The Labute approximate surface area is 208 Å². The molecule has 2 unspecified atom stereocenters. The van der Waals surface area contributed by atoms with Crippen LogP contribution in [-0.2, 0) is 23.9 Å². The number of fused-ring (bicyclic) bond motifs is 5. The van der Waals surface area contributed by atoms with Crippen molar-refractivity contribution in [3.05, 3.63) is 0 Å². The monoisotopic (exact) mass is 487 g/mol. The molecule has 4 saturated carbocycles. The van der Waals surface area contributed by atoms with Gasteiger partial charge in [-0.2, -0.15) is 0 Å². The van der Waals surface area contributed by atoms with Gasteiger partial charge >= 0.3 is 12.1 Å². The number of amides is 1. The summed E-state index contributed by atoms with van der Waals surface area (Å²) in [5.74, 6) is -0.893. The Bertz CT molecular complexity index is 932. The van der Waals surface area contributed by atoms with Crippen molar-refractivity contribution >= 4 is 23.6 Å². The van der Waals surface area contributed by atoms with E-state index in [9.17, 15) is 19.2 Å². The van der Waals surface area contributed by atoms with Crippen molar-refractivity contribution in [2.45, 2.75) is 97.7 Å². The second-order valence-electron chi connectivity index (χ2n) is 13.5. The third-order valence-electron chi connectivity index (χ3n) is 10.2. The lowest BCUT2D eigenvalue weighted by Crippen LogP contribution is -2.61. The highest BCUT2D eigenvalue weighted by atomic mass is 16.6. The highest BCUT2D eigenvalue weighted by molar-refractivity contribution is 6.39. The van der Waals surface area contributed by atoms with Gasteiger partial charge in [-0.3, -0.25) is 14.4 Å². The van der Waals surface area contributed by atoms with Crippen LogP contribution in [0.3, 0.4) is 0 Å². The summed E-state index contributed by atoms with van der Waals surface area (Å²) in [4.78, 5) is 53.3. The van der Waals surface area contributed by atoms with Gasteiger partial charge in [-0.15, -0.1) is 0 Å². The van der Waals surface area contributed by atoms with E-state index in [1.54, 1.807) is 0 Å². The van der Waals surface area contributed by atoms with Crippen molar-refractivity contribution in [1.29, 1.82) is 0 Å². The first-order chi connectivity index (χ1) is 16.3. The number of carbonyl (C=O) groups excluding carboxylic acids is 4. The molecule has 1 aliphatic heterocycles. The summed E-state index contributed by atoms with van der Waals surface area (Å²) in [7, 11) is 0. The van der Waals surface area contributed by atoms with Crippen molar-refractivity contribution in [1.82, 2.24) is 4.90 Å². The Kier molecular flexibility index (Phi) is 5.88. The number of rotatable bonds is 2. The van der Waals surface area contributed by atoms with E-state index in [0.29, 0.717) is 25.4 Å². The first kappa shape index (κ1) is 24.8. The maximum Gasteiger partial charge on any atom is 0.410 e. The van der Waals surface area contributed by atoms with Gasteiger partial charge in [0.2, 0.25) is 11.6 Å². The SMILES string of the molecule is CC(C)(C)OC(=O)N1CC(C(=O)OC2CC[C@@]3(C)C(C2)C(=O)C(=O)[C@@H]2[C@H]3CC[C@]3(C)CCC[C@@H]23)C1. The van der Waals surface area contributed by atoms with Crippen LogP contribution in [0.4, 0.5) is 4.79 Å². The molecule has 7 heteroatoms. The molecule has 0 spiro atoms. The Morgan fingerprint density at radius 3 is 2.34 bits per heavy atom. The molecule has 1 heterocycles. The third kappa shape index (κ3) is 4.11. The van der Waals surface area contributed by atoms with Gasteiger partial charge in [0.05, 0.1) is 5.92 Å². The number of nitrogens with zero attached hydrogens (tertiary/aromatic N) is 1. The molecule has 194 valence electrons. The third-order valence-corrected chi connectivity index (χ3v) is 10.2. The standard InChI is InChI=1S/C28H41NO6/c1-26(2,3)35-25(33)29-14-16(15-29)24(32)34-17-8-12-28(5)19-9-11-27(4)10-6-7-18(27)21(19)23(31)22(30)20(28)13-17/h16-21H,6-15H2,1-5H3/t17?,18-,19+,20?,21-,27-,28+/m0/s1. The number of hydrogen-bond donors (Lipinski definition) is 0. The number of ketones is 2. The normalized spacial score (nSPS) is 41.4. The fraction of sp³-hybridized carbons (Fsp3) is 0.857. The second kappa shape index (κ2) is 8.31. The predicted octanol–water partition coefficient (Wildman–Crippen LogP) is 4.56. The van der Waals surface area contributed by atoms with Crippen molar-refractivity contribution < 1.29 is 28.7 Å². The zero-order valence-electron chi connectivity index (χ0n) is 21.9. The van der Waals surface area contributed by atoms with Gasteiger partial charge in [0.25, 0.3) is 0 Å². The van der Waals surface area contributed by atoms with E-state index in [1.165, 1.54) is 11.3 Å². The summed E-state index contributed by atoms with van der Waals surface area (Å²) in [5, 5.41) is 0. The molecule has 0 radical (unpaired) electrons. The van der Waals surface area contributed by atoms with Crippen molar-refractivity contribution in [2.24, 2.45) is 40.4 Å². The molecular formula is C28H41NO6. The van der Waals surface area contributed by atoms with E-state index < -0.39 is 11.7 Å². The van der Waals surface area contributed by atoms with E-state index in [2.05, 4.69) is 13.8 Å². The largest absolute Gasteiger partial charge is 0.462 e. The van der Waals surface area contributed by atoms with Crippen LogP contribution in [0, 0.1) is 40.4 Å². The zero-order chi connectivity index (χ0) is 25.3. The van der Waals surface area contributed by atoms with Crippen LogP contribution < -0.4 is 0 Å². The highest BCUT2D eigenvalue weighted by Gasteiger charge is 2.64. The van der Waals surface area contributed by atoms with Crippen molar-refractivity contribution in [3.8, 4) is 0 Å². The molecule has 1 saturated heterocycles. The summed E-state index contributed by atoms with van der Waals surface area (Å²) in [6, 6.07) is 0. The lowest BCUT2D eigenvalue weighted by atomic mass is 9.44. The minimum atomic E-state index is -0.574. The van der Waals surface area contributed by atoms with Crippen LogP contribution in [0.15, 0.2) is 0 Å². The minimum Gasteiger partial charge on any atom is -0.462 e. The summed E-state index contributed by atoms with van der Waals surface area (Å²) in [5.41, 5.74) is -0.551. The fourth-order valence-corrected chi connectivity index (χ4v) is 8.19. The van der Waals surface area contributed by atoms with E-state index >= 15 is 0 Å². The topological polar surface area (TPSA) is 90.0 Å². The van der Waals surface area contributed by atoms with Crippen molar-refractivity contribution in [3.63, 3.8) is 0 Å². The van der Waals surface area contributed by atoms with Gasteiger partial charge < -0.3 is 14.4 Å². The summed E-state index contributed by atoms with van der Waals surface area (Å²) in [6.45, 7) is 10.6. The molecule has 0 N–H and O–H groups in total. The van der Waals surface area contributed by atoms with E-state index in [4.69, 9.17) is 9.47 Å². The molecule has 7 nitrogen and oxygen atoms in total. The average molecular weight is 488 g/mol. The van der Waals surface area contributed by atoms with Crippen molar-refractivity contribution in [2.75, 3.05) is 13.1 Å². The summed E-state index contributed by atoms with van der Waals surface area (Å²) < 4.78 is 11.2. The predicted molar refractivity (Wildman–Crippen MR) is 128 cm³/mol. The maximum absolute atomic E-state index is 13.4. The lowest BCUT2D eigenvalue weighted by Gasteiger charge is -2.58. The van der Waals surface area contributed by atoms with Gasteiger partial charge in [-0.1, -0.05) is 20.3 Å². The van der Waals surface area contributed by atoms with Gasteiger partial charge in [-0.25, -0.2) is 4.79 Å². The zero-order valence-corrected chi connectivity index (χ0v) is 21.9. The van der Waals surface area contributed by atoms with Gasteiger partial charge in [-0.05, 0) is 88.4 Å². The number of ether oxygens (including phenoxy) is 2. The lowest BCUT2D eigenvalue weighted by molar-refractivity contribution is -0.177. The molecule has 0 aromatic heterocycles. The molecular weight excluding hydrogens is 446 g/mol. The maximum atomic E-state index is 13.4. The van der Waals surface area contributed by atoms with Crippen LogP contribution in [0.5, 0.6) is 0 Å². The Morgan fingerprint density at radius 2 is 1.66 bits per heavy atom. The van der Waals surface area contributed by atoms with E-state index in [-0.39, 0.29) is 58.1 Å². The second-order valence-corrected chi connectivity index (χ2v) is 13.5. The highest BCUT2D eigenvalue weighted by Crippen LogP contribution is 2.64. The quantitative estimate of drug-likeness (QED) is 0.419. The Hall–Kier alpha value is -1.92. The first-order valence-corrected chi connectivity index (χ1v) is 13.6. The minimum absolute atomic E-state index is 0.113. The van der Waals surface area contributed by atoms with Crippen LogP contribution in [0.25, 0.3) is 0 Å². The molecule has 35 heavy (non-hydrogen) atoms. The van der Waals surface area contributed by atoms with Gasteiger partial charge in [0.15, 0.2) is 0 Å². The first-order valence-electron chi connectivity index (χ1n) is 13.6.